The Hall–Kier alpha value is -3.28. The number of nitrogens with one attached hydrogen (secondary N) is 1. The second-order valence-corrected chi connectivity index (χ2v) is 5.92. The molecule has 2 heterocycles. The highest BCUT2D eigenvalue weighted by atomic mass is 16.7. The molecule has 3 N–H and O–H groups in total. The van der Waals surface area contributed by atoms with Crippen LogP contribution in [0.2, 0.25) is 0 Å². The molecule has 4 atom stereocenters. The van der Waals surface area contributed by atoms with Crippen molar-refractivity contribution in [3.8, 4) is 0 Å². The van der Waals surface area contributed by atoms with Gasteiger partial charge in [-0.15, -0.1) is 0 Å². The Morgan fingerprint density at radius 2 is 1.79 bits per heavy atom. The van der Waals surface area contributed by atoms with Crippen LogP contribution in [0.5, 0.6) is 0 Å². The third kappa shape index (κ3) is 4.71. The van der Waals surface area contributed by atoms with Gasteiger partial charge in [-0.2, -0.15) is 0 Å². The van der Waals surface area contributed by atoms with Gasteiger partial charge in [0.25, 0.3) is 5.56 Å². The highest BCUT2D eigenvalue weighted by molar-refractivity contribution is 5.92. The zero-order valence-electron chi connectivity index (χ0n) is 15.4. The molecular formula is C16H20N4O8. The largest absolute Gasteiger partial charge is 0.463 e. The van der Waals surface area contributed by atoms with Gasteiger partial charge < -0.3 is 24.7 Å². The first-order valence-corrected chi connectivity index (χ1v) is 8.16. The fourth-order valence-corrected chi connectivity index (χ4v) is 2.73. The van der Waals surface area contributed by atoms with Crippen LogP contribution in [-0.2, 0) is 33.3 Å². The number of aromatic nitrogens is 2. The zero-order chi connectivity index (χ0) is 21.0. The van der Waals surface area contributed by atoms with Crippen LogP contribution in [0, 0.1) is 5.41 Å². The molecular weight excluding hydrogens is 376 g/mol. The Labute approximate surface area is 159 Å². The molecule has 1 aromatic rings. The zero-order valence-corrected chi connectivity index (χ0v) is 15.4. The molecule has 1 aliphatic rings. The highest BCUT2D eigenvalue weighted by Crippen LogP contribution is 2.33. The van der Waals surface area contributed by atoms with E-state index in [2.05, 4.69) is 4.98 Å². The normalized spacial score (nSPS) is 23.7. The summed E-state index contributed by atoms with van der Waals surface area (Å²) in [5.41, 5.74) is 4.25. The molecule has 1 fully saturated rings. The number of nitrogens with two attached hydrogens (primary N) is 1. The molecule has 0 aromatic carbocycles. The number of carbonyl (C=O) groups excluding carboxylic acids is 3. The molecule has 0 amide bonds. The number of amidine groups is 1. The lowest BCUT2D eigenvalue weighted by atomic mass is 10.1. The van der Waals surface area contributed by atoms with Crippen molar-refractivity contribution >= 4 is 23.7 Å². The van der Waals surface area contributed by atoms with Crippen LogP contribution in [0.4, 0.5) is 0 Å². The summed E-state index contributed by atoms with van der Waals surface area (Å²) < 4.78 is 22.1. The molecule has 0 bridgehead atoms. The van der Waals surface area contributed by atoms with E-state index in [1.165, 1.54) is 19.3 Å². The Morgan fingerprint density at radius 1 is 1.18 bits per heavy atom. The summed E-state index contributed by atoms with van der Waals surface area (Å²) in [6.45, 7) is 3.16. The van der Waals surface area contributed by atoms with Crippen LogP contribution < -0.4 is 11.3 Å². The summed E-state index contributed by atoms with van der Waals surface area (Å²) >= 11 is 0. The lowest BCUT2D eigenvalue weighted by Crippen LogP contribution is -2.42. The molecule has 1 aromatic heterocycles. The van der Waals surface area contributed by atoms with Crippen LogP contribution >= 0.6 is 0 Å². The molecule has 152 valence electrons. The Balaban J connectivity index is 2.48. The van der Waals surface area contributed by atoms with E-state index in [-0.39, 0.29) is 12.3 Å². The third-order valence-electron chi connectivity index (χ3n) is 3.74. The van der Waals surface area contributed by atoms with Crippen LogP contribution in [-0.4, -0.2) is 58.2 Å². The SMILES string of the molecule is CC(=O)OC[C@H]1O[C@@H](n2ccnc(C(=N)N)c2=O)C(OC(C)=O)[C@@H]1OC(C)=O. The fraction of sp³-hybridized carbons (Fsp3) is 0.500. The molecule has 1 saturated heterocycles. The maximum Gasteiger partial charge on any atom is 0.303 e. The second-order valence-electron chi connectivity index (χ2n) is 5.92. The predicted octanol–water partition coefficient (Wildman–Crippen LogP) is -1.15. The number of hydrogen-bond donors (Lipinski definition) is 2. The Kier molecular flexibility index (Phi) is 6.46. The molecule has 28 heavy (non-hydrogen) atoms. The average Bonchev–Trinajstić information content (AvgIpc) is 2.89. The number of esters is 3. The standard InChI is InChI=1S/C16H20N4O8/c1-7(21)25-6-10-12(26-8(2)22)13(27-9(3)23)16(28-10)20-5-4-19-11(14(17)18)15(20)24/h4-5,10,12-13,16H,6H2,1-3H3,(H3,17,18)/t10-,12-,13?,16-/m1/s1. The van der Waals surface area contributed by atoms with Gasteiger partial charge in [0.15, 0.2) is 24.1 Å². The number of hydrogen-bond acceptors (Lipinski definition) is 10. The van der Waals surface area contributed by atoms with Gasteiger partial charge in [0.1, 0.15) is 18.5 Å². The minimum absolute atomic E-state index is 0.305. The minimum atomic E-state index is -1.23. The van der Waals surface area contributed by atoms with Crippen molar-refractivity contribution < 1.29 is 33.3 Å². The monoisotopic (exact) mass is 396 g/mol. The van der Waals surface area contributed by atoms with Crippen LogP contribution in [0.15, 0.2) is 17.2 Å². The number of rotatable bonds is 6. The second kappa shape index (κ2) is 8.61. The molecule has 2 rings (SSSR count). The Bertz CT molecular complexity index is 851. The average molecular weight is 396 g/mol. The molecule has 0 saturated carbocycles. The van der Waals surface area contributed by atoms with Gasteiger partial charge in [-0.3, -0.25) is 29.2 Å². The lowest BCUT2D eigenvalue weighted by molar-refractivity contribution is -0.166. The maximum atomic E-state index is 12.6. The topological polar surface area (TPSA) is 173 Å². The summed E-state index contributed by atoms with van der Waals surface area (Å²) in [7, 11) is 0. The van der Waals surface area contributed by atoms with Crippen LogP contribution in [0.1, 0.15) is 32.7 Å². The molecule has 0 aliphatic carbocycles. The van der Waals surface area contributed by atoms with E-state index in [4.69, 9.17) is 30.1 Å². The fourth-order valence-electron chi connectivity index (χ4n) is 2.73. The predicted molar refractivity (Wildman–Crippen MR) is 91.2 cm³/mol. The molecule has 0 radical (unpaired) electrons. The smallest absolute Gasteiger partial charge is 0.303 e. The first-order valence-electron chi connectivity index (χ1n) is 8.16. The molecule has 12 heteroatoms. The summed E-state index contributed by atoms with van der Waals surface area (Å²) in [6, 6.07) is 0. The van der Waals surface area contributed by atoms with Gasteiger partial charge in [0.05, 0.1) is 0 Å². The minimum Gasteiger partial charge on any atom is -0.463 e. The van der Waals surface area contributed by atoms with Gasteiger partial charge in [-0.1, -0.05) is 0 Å². The van der Waals surface area contributed by atoms with E-state index >= 15 is 0 Å². The molecule has 0 spiro atoms. The van der Waals surface area contributed by atoms with Gasteiger partial charge in [0.2, 0.25) is 0 Å². The van der Waals surface area contributed by atoms with Crippen molar-refractivity contribution in [3.05, 3.63) is 28.4 Å². The third-order valence-corrected chi connectivity index (χ3v) is 3.74. The van der Waals surface area contributed by atoms with E-state index in [1.807, 2.05) is 0 Å². The summed E-state index contributed by atoms with van der Waals surface area (Å²) in [5, 5.41) is 7.44. The van der Waals surface area contributed by atoms with E-state index in [0.717, 1.165) is 18.4 Å². The van der Waals surface area contributed by atoms with Crippen molar-refractivity contribution in [3.63, 3.8) is 0 Å². The number of carbonyl (C=O) groups is 3. The van der Waals surface area contributed by atoms with Gasteiger partial charge in [-0.05, 0) is 0 Å². The Morgan fingerprint density at radius 3 is 2.32 bits per heavy atom. The van der Waals surface area contributed by atoms with Crippen molar-refractivity contribution in [1.29, 1.82) is 5.41 Å². The highest BCUT2D eigenvalue weighted by Gasteiger charge is 2.50. The van der Waals surface area contributed by atoms with Crippen molar-refractivity contribution in [1.82, 2.24) is 9.55 Å². The van der Waals surface area contributed by atoms with Crippen molar-refractivity contribution in [2.24, 2.45) is 5.73 Å². The van der Waals surface area contributed by atoms with E-state index < -0.39 is 53.8 Å². The van der Waals surface area contributed by atoms with E-state index in [9.17, 15) is 19.2 Å². The first kappa shape index (κ1) is 21.0. The number of ether oxygens (including phenoxy) is 4. The summed E-state index contributed by atoms with van der Waals surface area (Å²) in [4.78, 5) is 50.6. The summed E-state index contributed by atoms with van der Waals surface area (Å²) in [6.07, 6.45) is -2.15. The number of nitrogens with zero attached hydrogens (tertiary/aromatic N) is 2. The summed E-state index contributed by atoms with van der Waals surface area (Å²) in [5.74, 6) is -2.56. The van der Waals surface area contributed by atoms with Crippen molar-refractivity contribution in [2.45, 2.75) is 45.3 Å². The van der Waals surface area contributed by atoms with E-state index in [1.54, 1.807) is 0 Å². The lowest BCUT2D eigenvalue weighted by Gasteiger charge is -2.24. The van der Waals surface area contributed by atoms with Gasteiger partial charge in [0, 0.05) is 33.2 Å². The maximum absolute atomic E-state index is 12.6. The van der Waals surface area contributed by atoms with Crippen molar-refractivity contribution in [2.75, 3.05) is 6.61 Å². The number of nitrogen functional groups attached to an aromatic ring is 1. The van der Waals surface area contributed by atoms with E-state index in [0.29, 0.717) is 0 Å². The van der Waals surface area contributed by atoms with Gasteiger partial charge in [-0.25, -0.2) is 4.98 Å². The molecule has 1 unspecified atom stereocenters. The van der Waals surface area contributed by atoms with Crippen LogP contribution in [0.25, 0.3) is 0 Å². The molecule has 1 aliphatic heterocycles. The first-order chi connectivity index (χ1) is 13.1. The van der Waals surface area contributed by atoms with Crippen LogP contribution in [0.3, 0.4) is 0 Å². The quantitative estimate of drug-likeness (QED) is 0.259. The van der Waals surface area contributed by atoms with Gasteiger partial charge >= 0.3 is 17.9 Å². The molecule has 12 nitrogen and oxygen atoms in total.